The summed E-state index contributed by atoms with van der Waals surface area (Å²) in [4.78, 5) is 12.6. The topological polar surface area (TPSA) is 41.6 Å². The molecule has 0 aromatic heterocycles. The van der Waals surface area contributed by atoms with Crippen molar-refractivity contribution in [2.24, 2.45) is 0 Å². The molecule has 2 rings (SSSR count). The van der Waals surface area contributed by atoms with Crippen LogP contribution in [0.15, 0.2) is 0 Å². The third-order valence-corrected chi connectivity index (χ3v) is 2.35. The smallest absolute Gasteiger partial charge is 0.410 e. The summed E-state index contributed by atoms with van der Waals surface area (Å²) >= 11 is 0. The second kappa shape index (κ2) is 2.11. The number of hydrogen-bond donors (Lipinski definition) is 1. The second-order valence-electron chi connectivity index (χ2n) is 3.33. The molecule has 2 aliphatic rings. The standard InChI is InChI=1S/C7H12N2O2/c1-9-5-7(11-6(9)10)2-3-8-4-7/h8H,2-5H2,1H3/t7-/m1/s1. The molecule has 0 radical (unpaired) electrons. The second-order valence-corrected chi connectivity index (χ2v) is 3.33. The van der Waals surface area contributed by atoms with E-state index in [1.165, 1.54) is 0 Å². The molecule has 2 fully saturated rings. The first-order valence-electron chi connectivity index (χ1n) is 3.87. The number of ether oxygens (including phenoxy) is 1. The van der Waals surface area contributed by atoms with E-state index in [0.717, 1.165) is 26.1 Å². The zero-order valence-electron chi connectivity index (χ0n) is 6.59. The Morgan fingerprint density at radius 1 is 1.73 bits per heavy atom. The summed E-state index contributed by atoms with van der Waals surface area (Å²) in [6.07, 6.45) is 0.761. The molecule has 1 spiro atoms. The molecule has 2 heterocycles. The lowest BCUT2D eigenvalue weighted by Crippen LogP contribution is -2.35. The number of nitrogens with zero attached hydrogens (tertiary/aromatic N) is 1. The fraction of sp³-hybridized carbons (Fsp3) is 0.857. The summed E-state index contributed by atoms with van der Waals surface area (Å²) in [6, 6.07) is 0. The molecule has 0 unspecified atom stereocenters. The Morgan fingerprint density at radius 3 is 3.00 bits per heavy atom. The number of carbonyl (C=O) groups is 1. The lowest BCUT2D eigenvalue weighted by Gasteiger charge is -2.17. The first-order chi connectivity index (χ1) is 5.22. The van der Waals surface area contributed by atoms with Gasteiger partial charge in [0.25, 0.3) is 0 Å². The van der Waals surface area contributed by atoms with Crippen LogP contribution in [0, 0.1) is 0 Å². The number of likely N-dealkylation sites (N-methyl/N-ethyl adjacent to an activating group) is 1. The van der Waals surface area contributed by atoms with Crippen LogP contribution in [-0.2, 0) is 4.74 Å². The molecule has 4 nitrogen and oxygen atoms in total. The number of nitrogens with one attached hydrogen (secondary N) is 1. The van der Waals surface area contributed by atoms with Crippen molar-refractivity contribution >= 4 is 6.09 Å². The molecule has 1 N–H and O–H groups in total. The van der Waals surface area contributed by atoms with E-state index in [9.17, 15) is 4.79 Å². The predicted octanol–water partition coefficient (Wildman–Crippen LogP) is -0.199. The monoisotopic (exact) mass is 156 g/mol. The van der Waals surface area contributed by atoms with Gasteiger partial charge in [0.15, 0.2) is 0 Å². The summed E-state index contributed by atoms with van der Waals surface area (Å²) in [5.41, 5.74) is -0.203. The summed E-state index contributed by atoms with van der Waals surface area (Å²) < 4.78 is 5.25. The molecule has 0 aromatic rings. The van der Waals surface area contributed by atoms with Gasteiger partial charge in [0.1, 0.15) is 5.60 Å². The van der Waals surface area contributed by atoms with E-state index in [2.05, 4.69) is 5.32 Å². The summed E-state index contributed by atoms with van der Waals surface area (Å²) in [5, 5.41) is 3.19. The Balaban J connectivity index is 2.12. The van der Waals surface area contributed by atoms with E-state index < -0.39 is 0 Å². The molecule has 1 amide bonds. The minimum absolute atomic E-state index is 0.186. The van der Waals surface area contributed by atoms with Crippen molar-refractivity contribution in [2.75, 3.05) is 26.7 Å². The Bertz CT molecular complexity index is 187. The van der Waals surface area contributed by atoms with Gasteiger partial charge in [-0.15, -0.1) is 0 Å². The first-order valence-corrected chi connectivity index (χ1v) is 3.87. The van der Waals surface area contributed by atoms with Gasteiger partial charge in [0.2, 0.25) is 0 Å². The van der Waals surface area contributed by atoms with Crippen LogP contribution in [0.1, 0.15) is 6.42 Å². The minimum Gasteiger partial charge on any atom is -0.439 e. The Labute approximate surface area is 65.5 Å². The van der Waals surface area contributed by atoms with Crippen molar-refractivity contribution < 1.29 is 9.53 Å². The number of rotatable bonds is 0. The SMILES string of the molecule is CN1C[C@]2(CCNC2)OC1=O. The Hall–Kier alpha value is -0.770. The van der Waals surface area contributed by atoms with Gasteiger partial charge in [0.05, 0.1) is 6.54 Å². The van der Waals surface area contributed by atoms with Crippen molar-refractivity contribution in [3.63, 3.8) is 0 Å². The molecule has 2 saturated heterocycles. The van der Waals surface area contributed by atoms with Gasteiger partial charge in [-0.25, -0.2) is 4.79 Å². The van der Waals surface area contributed by atoms with Gasteiger partial charge in [0, 0.05) is 20.0 Å². The molecule has 0 saturated carbocycles. The molecule has 2 aliphatic heterocycles. The molecule has 0 bridgehead atoms. The normalized spacial score (nSPS) is 36.8. The molecule has 11 heavy (non-hydrogen) atoms. The predicted molar refractivity (Wildman–Crippen MR) is 39.3 cm³/mol. The number of hydrogen-bond acceptors (Lipinski definition) is 3. The average Bonchev–Trinajstić information content (AvgIpc) is 2.46. The van der Waals surface area contributed by atoms with Crippen LogP contribution in [0.4, 0.5) is 4.79 Å². The lowest BCUT2D eigenvalue weighted by molar-refractivity contribution is 0.0728. The van der Waals surface area contributed by atoms with E-state index >= 15 is 0 Å². The molecule has 0 aromatic carbocycles. The van der Waals surface area contributed by atoms with Crippen LogP contribution in [-0.4, -0.2) is 43.3 Å². The molecule has 4 heteroatoms. The Morgan fingerprint density at radius 2 is 2.55 bits per heavy atom. The van der Waals surface area contributed by atoms with Gasteiger partial charge in [-0.1, -0.05) is 0 Å². The van der Waals surface area contributed by atoms with Gasteiger partial charge in [-0.2, -0.15) is 0 Å². The largest absolute Gasteiger partial charge is 0.439 e. The molecule has 1 atom stereocenters. The van der Waals surface area contributed by atoms with E-state index in [1.54, 1.807) is 11.9 Å². The minimum atomic E-state index is -0.203. The summed E-state index contributed by atoms with van der Waals surface area (Å²) in [6.45, 7) is 2.50. The zero-order chi connectivity index (χ0) is 7.90. The van der Waals surface area contributed by atoms with Crippen LogP contribution in [0.5, 0.6) is 0 Å². The van der Waals surface area contributed by atoms with Crippen molar-refractivity contribution in [2.45, 2.75) is 12.0 Å². The van der Waals surface area contributed by atoms with Crippen LogP contribution in [0.2, 0.25) is 0 Å². The highest BCUT2D eigenvalue weighted by atomic mass is 16.6. The van der Waals surface area contributed by atoms with Gasteiger partial charge in [-0.3, -0.25) is 0 Å². The third kappa shape index (κ3) is 0.976. The highest BCUT2D eigenvalue weighted by Gasteiger charge is 2.45. The molecule has 0 aliphatic carbocycles. The maximum atomic E-state index is 11.0. The van der Waals surface area contributed by atoms with Crippen LogP contribution in [0.25, 0.3) is 0 Å². The molecular weight excluding hydrogens is 144 g/mol. The maximum Gasteiger partial charge on any atom is 0.410 e. The van der Waals surface area contributed by atoms with Crippen LogP contribution < -0.4 is 5.32 Å². The fourth-order valence-electron chi connectivity index (χ4n) is 1.74. The maximum absolute atomic E-state index is 11.0. The third-order valence-electron chi connectivity index (χ3n) is 2.35. The van der Waals surface area contributed by atoms with Crippen molar-refractivity contribution in [3.05, 3.63) is 0 Å². The van der Waals surface area contributed by atoms with E-state index in [-0.39, 0.29) is 11.7 Å². The summed E-state index contributed by atoms with van der Waals surface area (Å²) in [5.74, 6) is 0. The lowest BCUT2D eigenvalue weighted by atomic mass is 10.0. The van der Waals surface area contributed by atoms with Gasteiger partial charge in [-0.05, 0) is 6.54 Å². The zero-order valence-corrected chi connectivity index (χ0v) is 6.59. The highest BCUT2D eigenvalue weighted by molar-refractivity contribution is 5.70. The number of amides is 1. The fourth-order valence-corrected chi connectivity index (χ4v) is 1.74. The van der Waals surface area contributed by atoms with E-state index in [4.69, 9.17) is 4.74 Å². The first kappa shape index (κ1) is 6.91. The van der Waals surface area contributed by atoms with Crippen molar-refractivity contribution in [1.29, 1.82) is 0 Å². The molecule has 62 valence electrons. The average molecular weight is 156 g/mol. The van der Waals surface area contributed by atoms with Gasteiger partial charge < -0.3 is 15.0 Å². The van der Waals surface area contributed by atoms with E-state index in [1.807, 2.05) is 0 Å². The number of carbonyl (C=O) groups excluding carboxylic acids is 1. The molecular formula is C7H12N2O2. The van der Waals surface area contributed by atoms with Crippen LogP contribution >= 0.6 is 0 Å². The van der Waals surface area contributed by atoms with Crippen molar-refractivity contribution in [1.82, 2.24) is 10.2 Å². The van der Waals surface area contributed by atoms with Crippen molar-refractivity contribution in [3.8, 4) is 0 Å². The Kier molecular flexibility index (Phi) is 1.32. The summed E-state index contributed by atoms with van der Waals surface area (Å²) in [7, 11) is 1.77. The quantitative estimate of drug-likeness (QED) is 0.528. The van der Waals surface area contributed by atoms with Gasteiger partial charge >= 0.3 is 6.09 Å². The highest BCUT2D eigenvalue weighted by Crippen LogP contribution is 2.27. The van der Waals surface area contributed by atoms with E-state index in [0.29, 0.717) is 0 Å². The van der Waals surface area contributed by atoms with Crippen LogP contribution in [0.3, 0.4) is 0 Å².